The van der Waals surface area contributed by atoms with Gasteiger partial charge in [0.05, 0.1) is 31.7 Å². The Morgan fingerprint density at radius 3 is 2.57 bits per heavy atom. The van der Waals surface area contributed by atoms with Gasteiger partial charge < -0.3 is 14.4 Å². The predicted octanol–water partition coefficient (Wildman–Crippen LogP) is 2.15. The summed E-state index contributed by atoms with van der Waals surface area (Å²) in [6.07, 6.45) is 2.56. The zero-order valence-electron chi connectivity index (χ0n) is 13.5. The summed E-state index contributed by atoms with van der Waals surface area (Å²) in [4.78, 5) is 14.1. The Morgan fingerprint density at radius 1 is 1.30 bits per heavy atom. The number of ether oxygens (including phenoxy) is 2. The highest BCUT2D eigenvalue weighted by Gasteiger charge is 2.32. The molecule has 0 N–H and O–H groups in total. The van der Waals surface area contributed by atoms with Gasteiger partial charge in [-0.25, -0.2) is 8.42 Å². The van der Waals surface area contributed by atoms with Crippen LogP contribution in [0.4, 0.5) is 5.69 Å². The Bertz CT molecular complexity index is 711. The lowest BCUT2D eigenvalue weighted by Gasteiger charge is -2.29. The lowest BCUT2D eigenvalue weighted by atomic mass is 10.1. The second-order valence-electron chi connectivity index (χ2n) is 5.28. The lowest BCUT2D eigenvalue weighted by Crippen LogP contribution is -2.41. The highest BCUT2D eigenvalue weighted by molar-refractivity contribution is 7.94. The average molecular weight is 339 g/mol. The van der Waals surface area contributed by atoms with E-state index in [2.05, 4.69) is 0 Å². The first-order valence-electron chi connectivity index (χ1n) is 7.37. The number of hydrogen-bond acceptors (Lipinski definition) is 5. The smallest absolute Gasteiger partial charge is 0.227 e. The number of sulfone groups is 1. The van der Waals surface area contributed by atoms with E-state index >= 15 is 0 Å². The molecule has 23 heavy (non-hydrogen) atoms. The van der Waals surface area contributed by atoms with E-state index < -0.39 is 15.9 Å². The van der Waals surface area contributed by atoms with Crippen LogP contribution >= 0.6 is 0 Å². The van der Waals surface area contributed by atoms with E-state index in [0.29, 0.717) is 30.0 Å². The van der Waals surface area contributed by atoms with E-state index in [4.69, 9.17) is 9.47 Å². The summed E-state index contributed by atoms with van der Waals surface area (Å²) in [5.74, 6) is 0.815. The van der Waals surface area contributed by atoms with Crippen LogP contribution in [0.2, 0.25) is 0 Å². The van der Waals surface area contributed by atoms with Crippen LogP contribution in [-0.4, -0.2) is 40.3 Å². The van der Waals surface area contributed by atoms with E-state index in [1.54, 1.807) is 31.4 Å². The van der Waals surface area contributed by atoms with Crippen molar-refractivity contribution < 1.29 is 22.7 Å². The molecule has 6 nitrogen and oxygen atoms in total. The molecule has 126 valence electrons. The average Bonchev–Trinajstić information content (AvgIpc) is 2.87. The predicted molar refractivity (Wildman–Crippen MR) is 88.7 cm³/mol. The van der Waals surface area contributed by atoms with Crippen molar-refractivity contribution in [3.63, 3.8) is 0 Å². The van der Waals surface area contributed by atoms with Crippen molar-refractivity contribution in [2.45, 2.75) is 25.8 Å². The van der Waals surface area contributed by atoms with Gasteiger partial charge in [0.25, 0.3) is 0 Å². The highest BCUT2D eigenvalue weighted by atomic mass is 32.2. The number of hydrogen-bond donors (Lipinski definition) is 0. The van der Waals surface area contributed by atoms with E-state index in [1.807, 2.05) is 6.92 Å². The number of amides is 1. The van der Waals surface area contributed by atoms with Crippen LogP contribution in [-0.2, 0) is 14.6 Å². The molecule has 0 spiro atoms. The molecule has 2 rings (SSSR count). The van der Waals surface area contributed by atoms with Crippen LogP contribution in [0.25, 0.3) is 0 Å². The van der Waals surface area contributed by atoms with E-state index in [9.17, 15) is 13.2 Å². The third-order valence-corrected chi connectivity index (χ3v) is 5.00. The molecule has 1 aliphatic rings. The van der Waals surface area contributed by atoms with Crippen molar-refractivity contribution in [1.82, 2.24) is 0 Å². The van der Waals surface area contributed by atoms with E-state index in [1.165, 1.54) is 17.4 Å². The van der Waals surface area contributed by atoms with Crippen molar-refractivity contribution in [2.75, 3.05) is 24.9 Å². The van der Waals surface area contributed by atoms with E-state index in [-0.39, 0.29) is 11.7 Å². The SMILES string of the molecule is CCCC(=O)N(c1ccc(OC)cc1OC)[C@@H]1C=CS(=O)(=O)C1. The standard InChI is InChI=1S/C16H21NO5S/c1-4-5-16(18)17(12-8-9-23(19,20)11-12)14-7-6-13(21-2)10-15(14)22-3/h6-10,12H,4-5,11H2,1-3H3/t12-/m1/s1. The summed E-state index contributed by atoms with van der Waals surface area (Å²) in [5, 5.41) is 1.17. The summed E-state index contributed by atoms with van der Waals surface area (Å²) in [6, 6.07) is 4.58. The quantitative estimate of drug-likeness (QED) is 0.794. The molecule has 1 heterocycles. The summed E-state index contributed by atoms with van der Waals surface area (Å²) < 4.78 is 34.0. The molecule has 0 unspecified atom stereocenters. The number of rotatable bonds is 6. The van der Waals surface area contributed by atoms with Crippen molar-refractivity contribution >= 4 is 21.4 Å². The summed E-state index contributed by atoms with van der Waals surface area (Å²) in [7, 11) is -0.225. The summed E-state index contributed by atoms with van der Waals surface area (Å²) in [5.41, 5.74) is 0.540. The maximum atomic E-state index is 12.6. The zero-order chi connectivity index (χ0) is 17.0. The van der Waals surface area contributed by atoms with Crippen molar-refractivity contribution in [2.24, 2.45) is 0 Å². The van der Waals surface area contributed by atoms with Gasteiger partial charge in [0.1, 0.15) is 11.5 Å². The van der Waals surface area contributed by atoms with Crippen LogP contribution in [0.5, 0.6) is 11.5 Å². The number of carbonyl (C=O) groups is 1. The van der Waals surface area contributed by atoms with Crippen LogP contribution < -0.4 is 14.4 Å². The zero-order valence-corrected chi connectivity index (χ0v) is 14.3. The molecule has 1 amide bonds. The van der Waals surface area contributed by atoms with Crippen LogP contribution in [0.3, 0.4) is 0 Å². The maximum Gasteiger partial charge on any atom is 0.227 e. The summed E-state index contributed by atoms with van der Waals surface area (Å²) in [6.45, 7) is 1.91. The summed E-state index contributed by atoms with van der Waals surface area (Å²) >= 11 is 0. The van der Waals surface area contributed by atoms with Gasteiger partial charge in [-0.3, -0.25) is 4.79 Å². The highest BCUT2D eigenvalue weighted by Crippen LogP contribution is 2.35. The minimum atomic E-state index is -3.27. The van der Waals surface area contributed by atoms with Crippen molar-refractivity contribution in [3.05, 3.63) is 29.7 Å². The second-order valence-corrected chi connectivity index (χ2v) is 7.21. The van der Waals surface area contributed by atoms with Gasteiger partial charge >= 0.3 is 0 Å². The number of anilines is 1. The minimum absolute atomic E-state index is 0.113. The Hall–Kier alpha value is -2.02. The molecule has 0 fully saturated rings. The van der Waals surface area contributed by atoms with E-state index in [0.717, 1.165) is 0 Å². The first-order chi connectivity index (χ1) is 10.9. The Morgan fingerprint density at radius 2 is 2.04 bits per heavy atom. The molecule has 1 atom stereocenters. The molecule has 0 saturated heterocycles. The largest absolute Gasteiger partial charge is 0.497 e. The molecule has 1 aliphatic heterocycles. The first-order valence-corrected chi connectivity index (χ1v) is 9.08. The van der Waals surface area contributed by atoms with Gasteiger partial charge in [0.15, 0.2) is 9.84 Å². The minimum Gasteiger partial charge on any atom is -0.497 e. The van der Waals surface area contributed by atoms with Gasteiger partial charge in [-0.1, -0.05) is 6.92 Å². The molecule has 1 aromatic carbocycles. The molecule has 1 aromatic rings. The fourth-order valence-corrected chi connectivity index (χ4v) is 3.80. The van der Waals surface area contributed by atoms with Crippen LogP contribution in [0.1, 0.15) is 19.8 Å². The Labute approximate surface area is 136 Å². The van der Waals surface area contributed by atoms with Crippen molar-refractivity contribution in [3.8, 4) is 11.5 Å². The lowest BCUT2D eigenvalue weighted by molar-refractivity contribution is -0.118. The number of benzene rings is 1. The van der Waals surface area contributed by atoms with Gasteiger partial charge in [0.2, 0.25) is 5.91 Å². The monoisotopic (exact) mass is 339 g/mol. The Balaban J connectivity index is 2.46. The second kappa shape index (κ2) is 7.04. The fraction of sp³-hybridized carbons (Fsp3) is 0.438. The van der Waals surface area contributed by atoms with Gasteiger partial charge in [-0.15, -0.1) is 0 Å². The van der Waals surface area contributed by atoms with Crippen LogP contribution in [0, 0.1) is 0 Å². The normalized spacial score (nSPS) is 18.7. The molecule has 0 aliphatic carbocycles. The Kier molecular flexibility index (Phi) is 5.30. The molecular formula is C16H21NO5S. The molecular weight excluding hydrogens is 318 g/mol. The molecule has 7 heteroatoms. The molecule has 0 saturated carbocycles. The van der Waals surface area contributed by atoms with Crippen LogP contribution in [0.15, 0.2) is 29.7 Å². The van der Waals surface area contributed by atoms with Crippen molar-refractivity contribution in [1.29, 1.82) is 0 Å². The van der Waals surface area contributed by atoms with Gasteiger partial charge in [-0.2, -0.15) is 0 Å². The molecule has 0 radical (unpaired) electrons. The molecule has 0 bridgehead atoms. The number of carbonyl (C=O) groups excluding carboxylic acids is 1. The van der Waals surface area contributed by atoms with Gasteiger partial charge in [-0.05, 0) is 24.6 Å². The topological polar surface area (TPSA) is 72.9 Å². The first kappa shape index (κ1) is 17.3. The fourth-order valence-electron chi connectivity index (χ4n) is 2.54. The third-order valence-electron chi connectivity index (χ3n) is 3.62. The maximum absolute atomic E-state index is 12.6. The molecule has 0 aromatic heterocycles. The van der Waals surface area contributed by atoms with Gasteiger partial charge in [0, 0.05) is 17.9 Å². The number of methoxy groups -OCH3 is 2. The number of nitrogens with zero attached hydrogens (tertiary/aromatic N) is 1. The third kappa shape index (κ3) is 3.85.